The minimum Gasteiger partial charge on any atom is -0.389 e. The van der Waals surface area contributed by atoms with Crippen LogP contribution in [-0.2, 0) is 11.3 Å². The Bertz CT molecular complexity index is 449. The second-order valence-corrected chi connectivity index (χ2v) is 4.99. The predicted molar refractivity (Wildman–Crippen MR) is 76.6 cm³/mol. The van der Waals surface area contributed by atoms with Gasteiger partial charge in [-0.3, -0.25) is 10.1 Å². The zero-order valence-corrected chi connectivity index (χ0v) is 12.1. The Hall–Kier alpha value is -1.50. The molecule has 0 heterocycles. The van der Waals surface area contributed by atoms with Crippen LogP contribution < -0.4 is 5.32 Å². The summed E-state index contributed by atoms with van der Waals surface area (Å²) in [7, 11) is 0. The van der Waals surface area contributed by atoms with E-state index < -0.39 is 6.10 Å². The molecule has 0 bridgehead atoms. The molecule has 20 heavy (non-hydrogen) atoms. The Balaban J connectivity index is 2.46. The smallest absolute Gasteiger partial charge is 0.272 e. The number of aliphatic hydroxyl groups excluding tert-OH is 1. The van der Waals surface area contributed by atoms with E-state index in [-0.39, 0.29) is 23.3 Å². The second-order valence-electron chi connectivity index (χ2n) is 4.99. The third-order valence-electron chi connectivity index (χ3n) is 2.93. The first kappa shape index (κ1) is 16.6. The molecule has 1 aromatic rings. The molecule has 0 fully saturated rings. The van der Waals surface area contributed by atoms with Crippen LogP contribution in [0.3, 0.4) is 0 Å². The van der Waals surface area contributed by atoms with Gasteiger partial charge < -0.3 is 15.2 Å². The Morgan fingerprint density at radius 3 is 2.75 bits per heavy atom. The highest BCUT2D eigenvalue weighted by molar-refractivity contribution is 5.44. The van der Waals surface area contributed by atoms with Crippen molar-refractivity contribution in [1.82, 2.24) is 5.32 Å². The van der Waals surface area contributed by atoms with Gasteiger partial charge in [-0.1, -0.05) is 12.1 Å². The van der Waals surface area contributed by atoms with Crippen LogP contribution in [0, 0.1) is 17.0 Å². The van der Waals surface area contributed by atoms with E-state index in [1.54, 1.807) is 13.0 Å². The quantitative estimate of drug-likeness (QED) is 0.561. The summed E-state index contributed by atoms with van der Waals surface area (Å²) in [6.07, 6.45) is -0.500. The fourth-order valence-corrected chi connectivity index (χ4v) is 1.80. The van der Waals surface area contributed by atoms with Gasteiger partial charge in [0.05, 0.1) is 23.7 Å². The minimum absolute atomic E-state index is 0.0867. The van der Waals surface area contributed by atoms with E-state index in [1.165, 1.54) is 6.07 Å². The summed E-state index contributed by atoms with van der Waals surface area (Å²) in [5.41, 5.74) is 1.63. The summed E-state index contributed by atoms with van der Waals surface area (Å²) in [6.45, 7) is 6.69. The number of hydrogen-bond acceptors (Lipinski definition) is 5. The average Bonchev–Trinajstić information content (AvgIpc) is 2.38. The van der Waals surface area contributed by atoms with Gasteiger partial charge in [0.15, 0.2) is 0 Å². The van der Waals surface area contributed by atoms with Crippen molar-refractivity contribution in [2.45, 2.75) is 39.5 Å². The number of rotatable bonds is 8. The van der Waals surface area contributed by atoms with Gasteiger partial charge in [0.25, 0.3) is 5.69 Å². The Morgan fingerprint density at radius 1 is 1.45 bits per heavy atom. The summed E-state index contributed by atoms with van der Waals surface area (Å²) in [4.78, 5) is 10.4. The van der Waals surface area contributed by atoms with Gasteiger partial charge in [-0.15, -0.1) is 0 Å². The van der Waals surface area contributed by atoms with E-state index >= 15 is 0 Å². The molecule has 0 amide bonds. The predicted octanol–water partition coefficient (Wildman–Crippen LogP) is 1.78. The van der Waals surface area contributed by atoms with Crippen molar-refractivity contribution < 1.29 is 14.8 Å². The maximum atomic E-state index is 10.8. The molecular formula is C14H22N2O4. The number of nitro groups is 1. The van der Waals surface area contributed by atoms with Crippen molar-refractivity contribution in [3.63, 3.8) is 0 Å². The lowest BCUT2D eigenvalue weighted by Crippen LogP contribution is -2.31. The van der Waals surface area contributed by atoms with Crippen molar-refractivity contribution in [2.75, 3.05) is 13.2 Å². The summed E-state index contributed by atoms with van der Waals surface area (Å²) in [6, 6.07) is 5.00. The number of benzene rings is 1. The van der Waals surface area contributed by atoms with E-state index in [2.05, 4.69) is 5.32 Å². The van der Waals surface area contributed by atoms with Gasteiger partial charge in [0.2, 0.25) is 0 Å². The third kappa shape index (κ3) is 5.24. The lowest BCUT2D eigenvalue weighted by molar-refractivity contribution is -0.385. The van der Waals surface area contributed by atoms with Crippen LogP contribution in [0.2, 0.25) is 0 Å². The maximum absolute atomic E-state index is 10.8. The highest BCUT2D eigenvalue weighted by Gasteiger charge is 2.13. The number of nitrogens with one attached hydrogen (secondary N) is 1. The normalized spacial score (nSPS) is 12.7. The number of hydrogen-bond donors (Lipinski definition) is 2. The Morgan fingerprint density at radius 2 is 2.15 bits per heavy atom. The minimum atomic E-state index is -0.587. The fourth-order valence-electron chi connectivity index (χ4n) is 1.80. The molecule has 6 nitrogen and oxygen atoms in total. The highest BCUT2D eigenvalue weighted by Crippen LogP contribution is 2.20. The molecule has 112 valence electrons. The number of aliphatic hydroxyl groups is 1. The molecule has 0 spiro atoms. The molecule has 1 unspecified atom stereocenters. The van der Waals surface area contributed by atoms with Crippen LogP contribution in [0.15, 0.2) is 18.2 Å². The first-order valence-corrected chi connectivity index (χ1v) is 6.65. The van der Waals surface area contributed by atoms with Crippen LogP contribution in [0.1, 0.15) is 25.0 Å². The van der Waals surface area contributed by atoms with Crippen LogP contribution in [0.4, 0.5) is 5.69 Å². The van der Waals surface area contributed by atoms with Gasteiger partial charge in [0.1, 0.15) is 0 Å². The van der Waals surface area contributed by atoms with Gasteiger partial charge in [0, 0.05) is 24.7 Å². The molecule has 1 aromatic carbocycles. The molecule has 0 aliphatic carbocycles. The van der Waals surface area contributed by atoms with Crippen LogP contribution in [-0.4, -0.2) is 35.4 Å². The van der Waals surface area contributed by atoms with E-state index in [1.807, 2.05) is 19.9 Å². The number of ether oxygens (including phenoxy) is 1. The molecule has 0 aliphatic rings. The molecule has 2 N–H and O–H groups in total. The van der Waals surface area contributed by atoms with Gasteiger partial charge in [-0.25, -0.2) is 0 Å². The first-order chi connectivity index (χ1) is 9.41. The van der Waals surface area contributed by atoms with Crippen LogP contribution in [0.5, 0.6) is 0 Å². The Labute approximate surface area is 118 Å². The highest BCUT2D eigenvalue weighted by atomic mass is 16.6. The lowest BCUT2D eigenvalue weighted by atomic mass is 10.1. The second kappa shape index (κ2) is 7.94. The molecule has 6 heteroatoms. The van der Waals surface area contributed by atoms with Crippen LogP contribution in [0.25, 0.3) is 0 Å². The van der Waals surface area contributed by atoms with Gasteiger partial charge >= 0.3 is 0 Å². The van der Waals surface area contributed by atoms with Crippen LogP contribution >= 0.6 is 0 Å². The van der Waals surface area contributed by atoms with Crippen molar-refractivity contribution >= 4 is 5.69 Å². The van der Waals surface area contributed by atoms with Crippen molar-refractivity contribution in [3.8, 4) is 0 Å². The van der Waals surface area contributed by atoms with E-state index in [4.69, 9.17) is 4.74 Å². The molecule has 0 saturated carbocycles. The largest absolute Gasteiger partial charge is 0.389 e. The topological polar surface area (TPSA) is 84.6 Å². The monoisotopic (exact) mass is 282 g/mol. The number of nitro benzene ring substituents is 1. The molecule has 0 aliphatic heterocycles. The average molecular weight is 282 g/mol. The summed E-state index contributed by atoms with van der Waals surface area (Å²) < 4.78 is 5.30. The van der Waals surface area contributed by atoms with Crippen molar-refractivity contribution in [2.24, 2.45) is 0 Å². The lowest BCUT2D eigenvalue weighted by Gasteiger charge is -2.14. The standard InChI is InChI=1S/C14H22N2O4/c1-10(2)20-9-13(17)8-15-7-12-5-4-6-14(11(12)3)16(18)19/h4-6,10,13,15,17H,7-9H2,1-3H3. The first-order valence-electron chi connectivity index (χ1n) is 6.65. The molecule has 0 aromatic heterocycles. The Kier molecular flexibility index (Phi) is 6.57. The molecular weight excluding hydrogens is 260 g/mol. The van der Waals surface area contributed by atoms with Gasteiger partial charge in [-0.2, -0.15) is 0 Å². The maximum Gasteiger partial charge on any atom is 0.272 e. The van der Waals surface area contributed by atoms with Crippen molar-refractivity contribution in [3.05, 3.63) is 39.4 Å². The molecule has 0 radical (unpaired) electrons. The third-order valence-corrected chi connectivity index (χ3v) is 2.93. The molecule has 1 rings (SSSR count). The summed E-state index contributed by atoms with van der Waals surface area (Å²) in [5, 5.41) is 23.6. The summed E-state index contributed by atoms with van der Waals surface area (Å²) >= 11 is 0. The summed E-state index contributed by atoms with van der Waals surface area (Å²) in [5.74, 6) is 0. The van der Waals surface area contributed by atoms with Crippen molar-refractivity contribution in [1.29, 1.82) is 0 Å². The zero-order valence-electron chi connectivity index (χ0n) is 12.1. The van der Waals surface area contributed by atoms with Gasteiger partial charge in [-0.05, 0) is 26.3 Å². The molecule has 0 saturated heterocycles. The zero-order chi connectivity index (χ0) is 15.1. The van der Waals surface area contributed by atoms with E-state index in [9.17, 15) is 15.2 Å². The fraction of sp³-hybridized carbons (Fsp3) is 0.571. The SMILES string of the molecule is Cc1c(CNCC(O)COC(C)C)cccc1[N+](=O)[O-]. The number of nitrogens with zero attached hydrogens (tertiary/aromatic N) is 1. The van der Waals surface area contributed by atoms with E-state index in [0.29, 0.717) is 18.7 Å². The van der Waals surface area contributed by atoms with E-state index in [0.717, 1.165) is 5.56 Å². The molecule has 1 atom stereocenters.